The third-order valence-corrected chi connectivity index (χ3v) is 7.58. The van der Waals surface area contributed by atoms with E-state index in [0.29, 0.717) is 0 Å². The molecule has 0 aliphatic carbocycles. The standard InChI is InChI=1S/C22H31N3/c1-9-21(7)16-12-11-13-17-18(16)19-24(20(5,6)23-17)14(3)15(4)25(19)22(21,8)10-2/h11-13H,9-10H2,1-8H3/p+1. The molecule has 0 spiro atoms. The van der Waals surface area contributed by atoms with Crippen LogP contribution in [-0.2, 0) is 16.6 Å². The molecule has 0 saturated carbocycles. The van der Waals surface area contributed by atoms with E-state index in [9.17, 15) is 0 Å². The van der Waals surface area contributed by atoms with E-state index in [1.165, 1.54) is 34.0 Å². The minimum absolute atomic E-state index is 0.0657. The van der Waals surface area contributed by atoms with Gasteiger partial charge in [0.15, 0.2) is 5.66 Å². The summed E-state index contributed by atoms with van der Waals surface area (Å²) in [6.07, 6.45) is 2.25. The first-order valence-corrected chi connectivity index (χ1v) is 9.71. The van der Waals surface area contributed by atoms with Gasteiger partial charge < -0.3 is 5.32 Å². The molecule has 134 valence electrons. The van der Waals surface area contributed by atoms with Crippen molar-refractivity contribution in [1.82, 2.24) is 4.57 Å². The van der Waals surface area contributed by atoms with Gasteiger partial charge in [0, 0.05) is 19.3 Å². The number of aromatic nitrogens is 2. The Balaban J connectivity index is 2.26. The summed E-state index contributed by atoms with van der Waals surface area (Å²) in [6, 6.07) is 6.84. The second kappa shape index (κ2) is 4.69. The molecule has 1 aromatic heterocycles. The van der Waals surface area contributed by atoms with Crippen LogP contribution in [-0.4, -0.2) is 4.57 Å². The van der Waals surface area contributed by atoms with Crippen molar-refractivity contribution >= 4 is 5.69 Å². The highest BCUT2D eigenvalue weighted by Gasteiger charge is 2.59. The summed E-state index contributed by atoms with van der Waals surface area (Å²) in [5, 5.41) is 3.81. The quantitative estimate of drug-likeness (QED) is 0.766. The maximum Gasteiger partial charge on any atom is 0.294 e. The summed E-state index contributed by atoms with van der Waals surface area (Å²) < 4.78 is 5.19. The number of nitrogens with one attached hydrogen (secondary N) is 1. The van der Waals surface area contributed by atoms with Crippen molar-refractivity contribution in [3.05, 3.63) is 35.2 Å². The van der Waals surface area contributed by atoms with Gasteiger partial charge >= 0.3 is 0 Å². The lowest BCUT2D eigenvalue weighted by Gasteiger charge is -2.49. The van der Waals surface area contributed by atoms with Crippen LogP contribution in [0.5, 0.6) is 0 Å². The molecule has 2 aliphatic rings. The Bertz CT molecular complexity index is 889. The second-order valence-corrected chi connectivity index (χ2v) is 8.89. The lowest BCUT2D eigenvalue weighted by atomic mass is 9.61. The molecule has 0 bridgehead atoms. The van der Waals surface area contributed by atoms with Crippen LogP contribution in [0.25, 0.3) is 11.4 Å². The summed E-state index contributed by atoms with van der Waals surface area (Å²) in [7, 11) is 0. The molecule has 3 nitrogen and oxygen atoms in total. The van der Waals surface area contributed by atoms with Crippen LogP contribution in [0.1, 0.15) is 71.3 Å². The van der Waals surface area contributed by atoms with E-state index in [2.05, 4.69) is 88.0 Å². The van der Waals surface area contributed by atoms with Crippen LogP contribution in [0.2, 0.25) is 0 Å². The van der Waals surface area contributed by atoms with Gasteiger partial charge in [0.05, 0.1) is 11.3 Å². The minimum Gasteiger partial charge on any atom is -0.344 e. The van der Waals surface area contributed by atoms with Crippen LogP contribution in [0.15, 0.2) is 18.2 Å². The summed E-state index contributed by atoms with van der Waals surface area (Å²) in [5.41, 5.74) is 7.00. The zero-order valence-electron chi connectivity index (χ0n) is 17.0. The minimum atomic E-state index is -0.129. The topological polar surface area (TPSA) is 20.8 Å². The van der Waals surface area contributed by atoms with Gasteiger partial charge in [0.2, 0.25) is 0 Å². The molecule has 3 heteroatoms. The first kappa shape index (κ1) is 16.7. The molecule has 3 heterocycles. The van der Waals surface area contributed by atoms with Gasteiger partial charge in [0.25, 0.3) is 5.82 Å². The van der Waals surface area contributed by atoms with Gasteiger partial charge in [-0.25, -0.2) is 9.13 Å². The molecule has 0 saturated heterocycles. The van der Waals surface area contributed by atoms with Gasteiger partial charge in [-0.2, -0.15) is 0 Å². The smallest absolute Gasteiger partial charge is 0.294 e. The Morgan fingerprint density at radius 3 is 2.32 bits per heavy atom. The number of hydrogen-bond donors (Lipinski definition) is 1. The molecule has 25 heavy (non-hydrogen) atoms. The van der Waals surface area contributed by atoms with E-state index < -0.39 is 0 Å². The van der Waals surface area contributed by atoms with Gasteiger partial charge in [-0.1, -0.05) is 32.9 Å². The average Bonchev–Trinajstić information content (AvgIpc) is 2.85. The third kappa shape index (κ3) is 1.65. The maximum absolute atomic E-state index is 3.81. The molecule has 2 aliphatic heterocycles. The lowest BCUT2D eigenvalue weighted by Crippen LogP contribution is -2.63. The molecule has 2 aromatic rings. The Morgan fingerprint density at radius 2 is 1.72 bits per heavy atom. The SMILES string of the molecule is CCC1(C)c2cccc3c2-c2n(c(C)c(C)[n+]2C(C)(C)N3)C1(C)CC. The van der Waals surface area contributed by atoms with E-state index in [0.717, 1.165) is 12.8 Å². The van der Waals surface area contributed by atoms with Crippen molar-refractivity contribution in [2.75, 3.05) is 5.32 Å². The lowest BCUT2D eigenvalue weighted by molar-refractivity contribution is -0.747. The Labute approximate surface area is 152 Å². The summed E-state index contributed by atoms with van der Waals surface area (Å²) >= 11 is 0. The van der Waals surface area contributed by atoms with Crippen LogP contribution >= 0.6 is 0 Å². The normalized spacial score (nSPS) is 28.5. The zero-order valence-corrected chi connectivity index (χ0v) is 17.0. The summed E-state index contributed by atoms with van der Waals surface area (Å²) in [5.74, 6) is 1.39. The molecule has 1 N–H and O–H groups in total. The first-order chi connectivity index (χ1) is 11.6. The van der Waals surface area contributed by atoms with Crippen molar-refractivity contribution < 1.29 is 4.57 Å². The van der Waals surface area contributed by atoms with E-state index in [-0.39, 0.29) is 16.6 Å². The van der Waals surface area contributed by atoms with Gasteiger partial charge in [-0.3, -0.25) is 0 Å². The van der Waals surface area contributed by atoms with Crippen LogP contribution in [0, 0.1) is 13.8 Å². The van der Waals surface area contributed by atoms with Crippen LogP contribution in [0.4, 0.5) is 5.69 Å². The fourth-order valence-corrected chi connectivity index (χ4v) is 5.65. The van der Waals surface area contributed by atoms with Gasteiger partial charge in [-0.05, 0) is 45.2 Å². The largest absolute Gasteiger partial charge is 0.344 e. The zero-order chi connectivity index (χ0) is 18.4. The maximum atomic E-state index is 3.81. The fraction of sp³-hybridized carbons (Fsp3) is 0.591. The van der Waals surface area contributed by atoms with Crippen LogP contribution in [0.3, 0.4) is 0 Å². The number of nitrogens with zero attached hydrogens (tertiary/aromatic N) is 2. The fourth-order valence-electron chi connectivity index (χ4n) is 5.65. The molecule has 1 aromatic carbocycles. The highest BCUT2D eigenvalue weighted by atomic mass is 15.3. The highest BCUT2D eigenvalue weighted by molar-refractivity contribution is 5.80. The molecule has 2 atom stereocenters. The predicted octanol–water partition coefficient (Wildman–Crippen LogP) is 4.98. The number of imidazole rings is 1. The average molecular weight is 339 g/mol. The van der Waals surface area contributed by atoms with Gasteiger partial charge in [-0.15, -0.1) is 0 Å². The van der Waals surface area contributed by atoms with Gasteiger partial charge in [0.1, 0.15) is 16.9 Å². The van der Waals surface area contributed by atoms with Crippen molar-refractivity contribution in [3.63, 3.8) is 0 Å². The molecule has 0 amide bonds. The number of anilines is 1. The highest BCUT2D eigenvalue weighted by Crippen LogP contribution is 2.56. The molecule has 4 rings (SSSR count). The van der Waals surface area contributed by atoms with E-state index >= 15 is 0 Å². The summed E-state index contributed by atoms with van der Waals surface area (Å²) in [4.78, 5) is 0. The monoisotopic (exact) mass is 338 g/mol. The molecule has 0 fully saturated rings. The molecule has 0 radical (unpaired) electrons. The predicted molar refractivity (Wildman–Crippen MR) is 104 cm³/mol. The summed E-state index contributed by atoms with van der Waals surface area (Å²) in [6.45, 7) is 18.8. The van der Waals surface area contributed by atoms with E-state index in [4.69, 9.17) is 0 Å². The first-order valence-electron chi connectivity index (χ1n) is 9.71. The van der Waals surface area contributed by atoms with E-state index in [1.54, 1.807) is 0 Å². The van der Waals surface area contributed by atoms with Crippen molar-refractivity contribution in [1.29, 1.82) is 0 Å². The van der Waals surface area contributed by atoms with E-state index in [1.807, 2.05) is 0 Å². The Hall–Kier alpha value is -1.77. The molecular formula is C22H32N3+. The number of hydrogen-bond acceptors (Lipinski definition) is 1. The molecular weight excluding hydrogens is 306 g/mol. The number of rotatable bonds is 2. The Kier molecular flexibility index (Phi) is 3.13. The second-order valence-electron chi connectivity index (χ2n) is 8.89. The van der Waals surface area contributed by atoms with Crippen molar-refractivity contribution in [3.8, 4) is 11.4 Å². The number of benzene rings is 1. The third-order valence-electron chi connectivity index (χ3n) is 7.58. The van der Waals surface area contributed by atoms with Crippen molar-refractivity contribution in [2.45, 2.75) is 84.8 Å². The Morgan fingerprint density at radius 1 is 1.04 bits per heavy atom. The van der Waals surface area contributed by atoms with Crippen molar-refractivity contribution in [2.24, 2.45) is 0 Å². The molecule has 2 unspecified atom stereocenters. The van der Waals surface area contributed by atoms with Crippen LogP contribution < -0.4 is 9.88 Å².